The van der Waals surface area contributed by atoms with Crippen molar-refractivity contribution in [3.63, 3.8) is 0 Å². The molecular weight excluding hydrogens is 682 g/mol. The molecule has 3 atom stereocenters. The van der Waals surface area contributed by atoms with Crippen LogP contribution in [0.15, 0.2) is 36.4 Å². The largest absolute Gasteiger partial charge is 0.493 e. The highest BCUT2D eigenvalue weighted by molar-refractivity contribution is 5.88. The zero-order chi connectivity index (χ0) is 37.9. The number of hydrogen-bond acceptors (Lipinski definition) is 10. The van der Waals surface area contributed by atoms with E-state index >= 15 is 0 Å². The Hall–Kier alpha value is -5.34. The lowest BCUT2D eigenvalue weighted by Gasteiger charge is -2.26. The second kappa shape index (κ2) is 18.4. The fraction of sp³-hybridized carbons (Fsp3) is 0.526. The van der Waals surface area contributed by atoms with E-state index in [1.54, 1.807) is 32.1 Å². The van der Waals surface area contributed by atoms with Gasteiger partial charge in [0.2, 0.25) is 30.4 Å². The van der Waals surface area contributed by atoms with Gasteiger partial charge in [0.15, 0.2) is 28.8 Å². The van der Waals surface area contributed by atoms with Crippen molar-refractivity contribution in [3.05, 3.63) is 59.2 Å². The molecule has 3 heterocycles. The number of hydrogen-bond donors (Lipinski definition) is 3. The van der Waals surface area contributed by atoms with E-state index in [2.05, 4.69) is 21.0 Å². The number of carbonyl (C=O) groups excluding carboxylic acids is 4. The Balaban J connectivity index is 1.32. The maximum absolute atomic E-state index is 13.7. The molecule has 2 aliphatic rings. The highest BCUT2D eigenvalue weighted by atomic mass is 16.7. The molecule has 0 aliphatic carbocycles. The standard InChI is InChI=1S/C38H51N7O8/c1-6-24(2)36-38(49)40-25(3)37-41-32(21-27-11-13-28(50-4)30(20-27)51-5)43-45(37)22-34(47)39-16-8-18-44(17-7-9-33(46)42-36)35(48)15-12-26-10-14-29-31(19-26)53-23-52-29/h10-11,13-14,19-20,24-25,36H,6-9,12,15-18,21-23H2,1-5H3,(H,39,47)(H,40,49)(H,42,46)/t24-,25+,36-/m0/s1. The van der Waals surface area contributed by atoms with E-state index < -0.39 is 12.1 Å². The molecule has 2 aliphatic heterocycles. The first-order valence-corrected chi connectivity index (χ1v) is 18.3. The van der Waals surface area contributed by atoms with Crippen molar-refractivity contribution >= 4 is 23.6 Å². The monoisotopic (exact) mass is 733 g/mol. The number of benzene rings is 2. The van der Waals surface area contributed by atoms with Gasteiger partial charge in [-0.05, 0) is 67.5 Å². The summed E-state index contributed by atoms with van der Waals surface area (Å²) < 4.78 is 23.2. The fourth-order valence-corrected chi connectivity index (χ4v) is 6.39. The van der Waals surface area contributed by atoms with E-state index in [0.29, 0.717) is 86.4 Å². The summed E-state index contributed by atoms with van der Waals surface area (Å²) in [5.41, 5.74) is 1.83. The van der Waals surface area contributed by atoms with Gasteiger partial charge in [0.1, 0.15) is 18.4 Å². The maximum Gasteiger partial charge on any atom is 0.243 e. The predicted octanol–water partition coefficient (Wildman–Crippen LogP) is 3.08. The van der Waals surface area contributed by atoms with Crippen molar-refractivity contribution in [1.29, 1.82) is 0 Å². The molecular formula is C38H51N7O8. The Morgan fingerprint density at radius 2 is 1.72 bits per heavy atom. The third kappa shape index (κ3) is 10.4. The molecule has 0 bridgehead atoms. The number of aryl methyl sites for hydroxylation is 1. The summed E-state index contributed by atoms with van der Waals surface area (Å²) in [7, 11) is 3.13. The predicted molar refractivity (Wildman–Crippen MR) is 195 cm³/mol. The SMILES string of the molecule is CC[C@H](C)[C@@H]1NC(=O)CCCN(C(=O)CCc2ccc3c(c2)OCO3)CCCNC(=O)Cn2nc(Cc3ccc(OC)c(OC)c3)nc2[C@@H](C)NC1=O. The third-order valence-electron chi connectivity index (χ3n) is 9.58. The minimum atomic E-state index is -0.792. The molecule has 286 valence electrons. The third-order valence-corrected chi connectivity index (χ3v) is 9.58. The molecule has 15 heteroatoms. The zero-order valence-corrected chi connectivity index (χ0v) is 31.2. The number of nitrogens with one attached hydrogen (secondary N) is 3. The Morgan fingerprint density at radius 1 is 0.962 bits per heavy atom. The summed E-state index contributed by atoms with van der Waals surface area (Å²) in [6.45, 7) is 6.80. The van der Waals surface area contributed by atoms with Gasteiger partial charge in [-0.1, -0.05) is 32.4 Å². The summed E-state index contributed by atoms with van der Waals surface area (Å²) in [6.07, 6.45) is 2.87. The van der Waals surface area contributed by atoms with Gasteiger partial charge in [0.25, 0.3) is 0 Å². The van der Waals surface area contributed by atoms with Gasteiger partial charge in [-0.2, -0.15) is 5.10 Å². The van der Waals surface area contributed by atoms with Crippen LogP contribution < -0.4 is 34.9 Å². The quantitative estimate of drug-likeness (QED) is 0.297. The van der Waals surface area contributed by atoms with Crippen LogP contribution in [0.1, 0.15) is 81.7 Å². The molecule has 1 aromatic heterocycles. The van der Waals surface area contributed by atoms with Gasteiger partial charge in [-0.25, -0.2) is 9.67 Å². The zero-order valence-electron chi connectivity index (χ0n) is 31.2. The first kappa shape index (κ1) is 38.9. The van der Waals surface area contributed by atoms with Gasteiger partial charge in [0.05, 0.1) is 20.3 Å². The lowest BCUT2D eigenvalue weighted by molar-refractivity contribution is -0.132. The van der Waals surface area contributed by atoms with E-state index in [0.717, 1.165) is 11.1 Å². The summed E-state index contributed by atoms with van der Waals surface area (Å²) in [6, 6.07) is 9.77. The molecule has 0 spiro atoms. The maximum atomic E-state index is 13.7. The normalized spacial score (nSPS) is 19.2. The molecule has 5 rings (SSSR count). The van der Waals surface area contributed by atoms with Crippen molar-refractivity contribution in [2.24, 2.45) is 5.92 Å². The van der Waals surface area contributed by atoms with Crippen LogP contribution >= 0.6 is 0 Å². The molecule has 0 saturated carbocycles. The van der Waals surface area contributed by atoms with E-state index in [-0.39, 0.29) is 55.7 Å². The molecule has 0 radical (unpaired) electrons. The minimum absolute atomic E-state index is 0.0519. The molecule has 3 N–H and O–H groups in total. The molecule has 4 amide bonds. The van der Waals surface area contributed by atoms with Crippen molar-refractivity contribution in [1.82, 2.24) is 35.6 Å². The first-order valence-electron chi connectivity index (χ1n) is 18.3. The highest BCUT2D eigenvalue weighted by Gasteiger charge is 2.29. The summed E-state index contributed by atoms with van der Waals surface area (Å²) in [5, 5.41) is 13.5. The summed E-state index contributed by atoms with van der Waals surface area (Å²) in [5.74, 6) is 2.25. The summed E-state index contributed by atoms with van der Waals surface area (Å²) >= 11 is 0. The molecule has 3 aromatic rings. The molecule has 0 fully saturated rings. The van der Waals surface area contributed by atoms with Gasteiger partial charge in [-0.15, -0.1) is 0 Å². The van der Waals surface area contributed by atoms with E-state index in [9.17, 15) is 19.2 Å². The van der Waals surface area contributed by atoms with Gasteiger partial charge in [-0.3, -0.25) is 19.2 Å². The number of methoxy groups -OCH3 is 2. The van der Waals surface area contributed by atoms with Crippen LogP contribution in [-0.2, 0) is 38.6 Å². The molecule has 15 nitrogen and oxygen atoms in total. The Morgan fingerprint density at radius 3 is 2.49 bits per heavy atom. The number of nitrogens with zero attached hydrogens (tertiary/aromatic N) is 4. The van der Waals surface area contributed by atoms with E-state index in [1.165, 1.54) is 4.68 Å². The van der Waals surface area contributed by atoms with Crippen molar-refractivity contribution in [2.75, 3.05) is 40.6 Å². The number of rotatable bonds is 9. The van der Waals surface area contributed by atoms with Crippen LogP contribution in [0.5, 0.6) is 23.0 Å². The summed E-state index contributed by atoms with van der Waals surface area (Å²) in [4.78, 5) is 60.1. The Bertz CT molecular complexity index is 1760. The minimum Gasteiger partial charge on any atom is -0.493 e. The smallest absolute Gasteiger partial charge is 0.243 e. The second-order valence-electron chi connectivity index (χ2n) is 13.4. The van der Waals surface area contributed by atoms with E-state index in [4.69, 9.17) is 23.9 Å². The van der Waals surface area contributed by atoms with Gasteiger partial charge in [0, 0.05) is 38.9 Å². The van der Waals surface area contributed by atoms with Gasteiger partial charge >= 0.3 is 0 Å². The lowest BCUT2D eigenvalue weighted by Crippen LogP contribution is -2.51. The number of fused-ring (bicyclic) bond motifs is 2. The Labute approximate surface area is 310 Å². The average molecular weight is 734 g/mol. The van der Waals surface area contributed by atoms with Gasteiger partial charge < -0.3 is 39.8 Å². The number of ether oxygens (including phenoxy) is 4. The number of aromatic nitrogens is 3. The van der Waals surface area contributed by atoms with Crippen LogP contribution in [0.2, 0.25) is 0 Å². The first-order chi connectivity index (χ1) is 25.6. The average Bonchev–Trinajstić information content (AvgIpc) is 3.79. The van der Waals surface area contributed by atoms with Crippen molar-refractivity contribution in [2.45, 2.75) is 84.3 Å². The Kier molecular flexibility index (Phi) is 13.5. The molecule has 53 heavy (non-hydrogen) atoms. The highest BCUT2D eigenvalue weighted by Crippen LogP contribution is 2.33. The van der Waals surface area contributed by atoms with Crippen molar-refractivity contribution < 1.29 is 38.1 Å². The topological polar surface area (TPSA) is 175 Å². The van der Waals surface area contributed by atoms with Crippen molar-refractivity contribution in [3.8, 4) is 23.0 Å². The van der Waals surface area contributed by atoms with Crippen LogP contribution in [0.3, 0.4) is 0 Å². The number of carbonyl (C=O) groups is 4. The van der Waals surface area contributed by atoms with Crippen LogP contribution in [-0.4, -0.2) is 90.0 Å². The van der Waals surface area contributed by atoms with Crippen LogP contribution in [0.25, 0.3) is 0 Å². The van der Waals surface area contributed by atoms with Crippen LogP contribution in [0, 0.1) is 5.92 Å². The second-order valence-corrected chi connectivity index (χ2v) is 13.4. The van der Waals surface area contributed by atoms with Crippen LogP contribution in [0.4, 0.5) is 0 Å². The fourth-order valence-electron chi connectivity index (χ4n) is 6.39. The molecule has 0 unspecified atom stereocenters. The molecule has 2 aromatic carbocycles. The lowest BCUT2D eigenvalue weighted by atomic mass is 9.97. The molecule has 0 saturated heterocycles. The van der Waals surface area contributed by atoms with E-state index in [1.807, 2.05) is 44.2 Å². The number of amides is 4.